The van der Waals surface area contributed by atoms with Gasteiger partial charge in [0.1, 0.15) is 0 Å². The molecule has 144 valence electrons. The summed E-state index contributed by atoms with van der Waals surface area (Å²) in [5, 5.41) is 5.86. The van der Waals surface area contributed by atoms with Crippen LogP contribution in [-0.2, 0) is 4.74 Å². The molecular formula is C23H30N2O2. The molecule has 0 fully saturated rings. The lowest BCUT2D eigenvalue weighted by Crippen LogP contribution is -2.24. The van der Waals surface area contributed by atoms with Gasteiger partial charge in [0.2, 0.25) is 0 Å². The topological polar surface area (TPSA) is 41.9 Å². The van der Waals surface area contributed by atoms with Crippen molar-refractivity contribution in [3.05, 3.63) is 69.8 Å². The summed E-state index contributed by atoms with van der Waals surface area (Å²) < 4.78 is 4.81. The standard InChI is InChI=1S/C23H30N2O2/c1-8-16(3)19-10-12-21(18(5)14-19)22(24-25(6)23(26)27-7)20-11-9-15(2)13-17(20)4/h9-14,16H,8H2,1-7H3. The molecule has 4 nitrogen and oxygen atoms in total. The predicted molar refractivity (Wildman–Crippen MR) is 112 cm³/mol. The molecule has 2 aromatic rings. The van der Waals surface area contributed by atoms with Crippen molar-refractivity contribution >= 4 is 11.8 Å². The molecule has 4 heteroatoms. The zero-order valence-corrected chi connectivity index (χ0v) is 17.5. The van der Waals surface area contributed by atoms with Gasteiger partial charge in [-0.25, -0.2) is 9.80 Å². The molecule has 0 aliphatic heterocycles. The van der Waals surface area contributed by atoms with Gasteiger partial charge >= 0.3 is 6.09 Å². The van der Waals surface area contributed by atoms with Crippen molar-refractivity contribution in [2.75, 3.05) is 14.2 Å². The van der Waals surface area contributed by atoms with Gasteiger partial charge in [-0.15, -0.1) is 0 Å². The number of benzene rings is 2. The molecule has 0 aliphatic rings. The van der Waals surface area contributed by atoms with Crippen molar-refractivity contribution in [2.45, 2.75) is 47.0 Å². The Hall–Kier alpha value is -2.62. The maximum Gasteiger partial charge on any atom is 0.429 e. The molecule has 0 saturated carbocycles. The van der Waals surface area contributed by atoms with Crippen LogP contribution in [0.2, 0.25) is 0 Å². The summed E-state index contributed by atoms with van der Waals surface area (Å²) in [6, 6.07) is 12.8. The van der Waals surface area contributed by atoms with Gasteiger partial charge in [0.15, 0.2) is 0 Å². The largest absolute Gasteiger partial charge is 0.451 e. The van der Waals surface area contributed by atoms with Gasteiger partial charge in [0.05, 0.1) is 12.8 Å². The molecule has 0 bridgehead atoms. The second-order valence-electron chi connectivity index (χ2n) is 7.14. The second-order valence-corrected chi connectivity index (χ2v) is 7.14. The summed E-state index contributed by atoms with van der Waals surface area (Å²) in [4.78, 5) is 11.9. The fourth-order valence-electron chi connectivity index (χ4n) is 3.15. The van der Waals surface area contributed by atoms with Crippen LogP contribution in [0.4, 0.5) is 4.79 Å². The zero-order chi connectivity index (χ0) is 20.1. The van der Waals surface area contributed by atoms with E-state index >= 15 is 0 Å². The minimum absolute atomic E-state index is 0.494. The van der Waals surface area contributed by atoms with E-state index in [0.717, 1.165) is 34.4 Å². The minimum Gasteiger partial charge on any atom is -0.451 e. The number of carbonyl (C=O) groups excluding carboxylic acids is 1. The lowest BCUT2D eigenvalue weighted by Gasteiger charge is -2.18. The Morgan fingerprint density at radius 2 is 1.67 bits per heavy atom. The van der Waals surface area contributed by atoms with Crippen LogP contribution < -0.4 is 0 Å². The van der Waals surface area contributed by atoms with Gasteiger partial charge in [-0.1, -0.05) is 55.8 Å². The number of aryl methyl sites for hydroxylation is 3. The Labute approximate surface area is 162 Å². The first kappa shape index (κ1) is 20.7. The average molecular weight is 367 g/mol. The fraction of sp³-hybridized carbons (Fsp3) is 0.391. The highest BCUT2D eigenvalue weighted by atomic mass is 16.5. The van der Waals surface area contributed by atoms with Gasteiger partial charge in [0, 0.05) is 18.2 Å². The maximum atomic E-state index is 11.9. The van der Waals surface area contributed by atoms with E-state index in [1.54, 1.807) is 7.05 Å². The third-order valence-electron chi connectivity index (χ3n) is 5.01. The molecule has 0 heterocycles. The van der Waals surface area contributed by atoms with Crippen LogP contribution in [0.3, 0.4) is 0 Å². The summed E-state index contributed by atoms with van der Waals surface area (Å²) in [7, 11) is 2.97. The third-order valence-corrected chi connectivity index (χ3v) is 5.01. The molecule has 0 saturated heterocycles. The molecule has 0 aliphatic carbocycles. The van der Waals surface area contributed by atoms with Gasteiger partial charge in [-0.3, -0.25) is 0 Å². The van der Waals surface area contributed by atoms with E-state index in [9.17, 15) is 4.79 Å². The highest BCUT2D eigenvalue weighted by Gasteiger charge is 2.17. The van der Waals surface area contributed by atoms with Crippen LogP contribution in [0, 0.1) is 20.8 Å². The van der Waals surface area contributed by atoms with Crippen molar-refractivity contribution in [2.24, 2.45) is 5.10 Å². The van der Waals surface area contributed by atoms with Gasteiger partial charge in [-0.2, -0.15) is 5.10 Å². The molecule has 0 N–H and O–H groups in total. The Kier molecular flexibility index (Phi) is 6.78. The molecule has 0 aromatic heterocycles. The Morgan fingerprint density at radius 3 is 2.19 bits per heavy atom. The Balaban J connectivity index is 2.63. The van der Waals surface area contributed by atoms with E-state index in [1.807, 2.05) is 0 Å². The van der Waals surface area contributed by atoms with E-state index < -0.39 is 6.09 Å². The molecule has 1 unspecified atom stereocenters. The van der Waals surface area contributed by atoms with Gasteiger partial charge < -0.3 is 4.74 Å². The van der Waals surface area contributed by atoms with Crippen LogP contribution in [-0.4, -0.2) is 31.0 Å². The predicted octanol–water partition coefficient (Wildman–Crippen LogP) is 5.58. The van der Waals surface area contributed by atoms with Crippen LogP contribution >= 0.6 is 0 Å². The highest BCUT2D eigenvalue weighted by Crippen LogP contribution is 2.25. The monoisotopic (exact) mass is 366 g/mol. The smallest absolute Gasteiger partial charge is 0.429 e. The fourth-order valence-corrected chi connectivity index (χ4v) is 3.15. The zero-order valence-electron chi connectivity index (χ0n) is 17.5. The average Bonchev–Trinajstić information content (AvgIpc) is 2.65. The Morgan fingerprint density at radius 1 is 1.07 bits per heavy atom. The van der Waals surface area contributed by atoms with Crippen molar-refractivity contribution in [1.82, 2.24) is 5.01 Å². The van der Waals surface area contributed by atoms with Crippen LogP contribution in [0.5, 0.6) is 0 Å². The number of nitrogens with zero attached hydrogens (tertiary/aromatic N) is 2. The van der Waals surface area contributed by atoms with Crippen molar-refractivity contribution in [3.8, 4) is 0 Å². The normalized spacial score (nSPS) is 12.6. The highest BCUT2D eigenvalue weighted by molar-refractivity contribution is 6.14. The minimum atomic E-state index is -0.494. The van der Waals surface area contributed by atoms with Crippen LogP contribution in [0.25, 0.3) is 0 Å². The number of amides is 1. The van der Waals surface area contributed by atoms with E-state index in [2.05, 4.69) is 76.1 Å². The second kappa shape index (κ2) is 8.85. The molecule has 0 radical (unpaired) electrons. The van der Waals surface area contributed by atoms with E-state index in [-0.39, 0.29) is 0 Å². The quantitative estimate of drug-likeness (QED) is 0.512. The summed E-state index contributed by atoms with van der Waals surface area (Å²) in [5.74, 6) is 0.511. The number of methoxy groups -OCH3 is 1. The number of ether oxygens (including phenoxy) is 1. The number of hydrogen-bond donors (Lipinski definition) is 0. The summed E-state index contributed by atoms with van der Waals surface area (Å²) in [6.45, 7) is 10.7. The van der Waals surface area contributed by atoms with Gasteiger partial charge in [0.25, 0.3) is 0 Å². The molecule has 27 heavy (non-hydrogen) atoms. The molecule has 2 rings (SSSR count). The molecule has 0 spiro atoms. The lowest BCUT2D eigenvalue weighted by molar-refractivity contribution is 0.135. The van der Waals surface area contributed by atoms with Crippen LogP contribution in [0.15, 0.2) is 41.5 Å². The van der Waals surface area contributed by atoms with Crippen LogP contribution in [0.1, 0.15) is 59.6 Å². The number of rotatable bonds is 5. The lowest BCUT2D eigenvalue weighted by atomic mass is 9.90. The Bertz CT molecular complexity index is 855. The molecule has 1 atom stereocenters. The maximum absolute atomic E-state index is 11.9. The molecule has 2 aromatic carbocycles. The third kappa shape index (κ3) is 4.76. The van der Waals surface area contributed by atoms with Crippen molar-refractivity contribution in [3.63, 3.8) is 0 Å². The first-order chi connectivity index (χ1) is 12.8. The first-order valence-corrected chi connectivity index (χ1v) is 9.37. The van der Waals surface area contributed by atoms with Crippen molar-refractivity contribution < 1.29 is 9.53 Å². The number of carbonyl (C=O) groups is 1. The first-order valence-electron chi connectivity index (χ1n) is 9.37. The summed E-state index contributed by atoms with van der Waals surface area (Å²) >= 11 is 0. The summed E-state index contributed by atoms with van der Waals surface area (Å²) in [6.07, 6.45) is 0.605. The van der Waals surface area contributed by atoms with E-state index in [0.29, 0.717) is 5.92 Å². The van der Waals surface area contributed by atoms with E-state index in [4.69, 9.17) is 4.74 Å². The van der Waals surface area contributed by atoms with Gasteiger partial charge in [-0.05, 0) is 49.8 Å². The molecular weight excluding hydrogens is 336 g/mol. The SMILES string of the molecule is CCC(C)c1ccc(C(=NN(C)C(=O)OC)c2ccc(C)cc2C)c(C)c1. The number of hydrazone groups is 1. The van der Waals surface area contributed by atoms with E-state index in [1.165, 1.54) is 23.2 Å². The molecule has 1 amide bonds. The number of hydrogen-bond acceptors (Lipinski definition) is 3. The van der Waals surface area contributed by atoms with Crippen molar-refractivity contribution in [1.29, 1.82) is 0 Å². The summed E-state index contributed by atoms with van der Waals surface area (Å²) in [5.41, 5.74) is 7.58.